The summed E-state index contributed by atoms with van der Waals surface area (Å²) in [6.45, 7) is 5.32. The number of hydrogen-bond acceptors (Lipinski definition) is 4. The lowest BCUT2D eigenvalue weighted by atomic mass is 10.1. The number of halogens is 1. The van der Waals surface area contributed by atoms with Crippen LogP contribution in [0.5, 0.6) is 0 Å². The number of aryl methyl sites for hydroxylation is 2. The van der Waals surface area contributed by atoms with Gasteiger partial charge in [-0.25, -0.2) is 8.42 Å². The van der Waals surface area contributed by atoms with Crippen molar-refractivity contribution < 1.29 is 13.2 Å². The van der Waals surface area contributed by atoms with Gasteiger partial charge in [0.2, 0.25) is 5.91 Å². The minimum absolute atomic E-state index is 0.135. The van der Waals surface area contributed by atoms with Crippen LogP contribution in [0.1, 0.15) is 22.3 Å². The Hall–Kier alpha value is -3.26. The van der Waals surface area contributed by atoms with Gasteiger partial charge in [-0.05, 0) is 79.9 Å². The van der Waals surface area contributed by atoms with Crippen LogP contribution in [0.3, 0.4) is 0 Å². The third-order valence-electron chi connectivity index (χ3n) is 6.21. The van der Waals surface area contributed by atoms with E-state index in [1.54, 1.807) is 48.2 Å². The van der Waals surface area contributed by atoms with E-state index in [4.69, 9.17) is 11.6 Å². The van der Waals surface area contributed by atoms with E-state index in [0.29, 0.717) is 22.2 Å². The molecule has 0 heterocycles. The number of carbonyl (C=O) groups is 1. The van der Waals surface area contributed by atoms with Crippen molar-refractivity contribution >= 4 is 50.7 Å². The molecule has 38 heavy (non-hydrogen) atoms. The molecule has 0 bridgehead atoms. The second-order valence-corrected chi connectivity index (χ2v) is 12.3. The third-order valence-corrected chi connectivity index (χ3v) is 9.38. The Bertz CT molecular complexity index is 1540. The Morgan fingerprint density at radius 2 is 1.55 bits per heavy atom. The molecule has 1 amide bonds. The van der Waals surface area contributed by atoms with E-state index < -0.39 is 15.9 Å². The number of hydrogen-bond donors (Lipinski definition) is 1. The van der Waals surface area contributed by atoms with Crippen LogP contribution >= 0.6 is 23.4 Å². The molecule has 0 radical (unpaired) electrons. The zero-order valence-electron chi connectivity index (χ0n) is 21.4. The van der Waals surface area contributed by atoms with Gasteiger partial charge in [0, 0.05) is 15.7 Å². The lowest BCUT2D eigenvalue weighted by Gasteiger charge is -2.26. The molecule has 1 N–H and O–H groups in total. The number of thioether (sulfide) groups is 1. The average molecular weight is 565 g/mol. The van der Waals surface area contributed by atoms with Crippen molar-refractivity contribution in [2.75, 3.05) is 16.2 Å². The highest BCUT2D eigenvalue weighted by Crippen LogP contribution is 2.32. The summed E-state index contributed by atoms with van der Waals surface area (Å²) in [4.78, 5) is 14.4. The summed E-state index contributed by atoms with van der Waals surface area (Å²) in [5.74, 6) is 0.265. The van der Waals surface area contributed by atoms with E-state index in [0.717, 1.165) is 27.1 Å². The summed E-state index contributed by atoms with van der Waals surface area (Å²) in [5, 5.41) is 3.62. The van der Waals surface area contributed by atoms with Crippen molar-refractivity contribution in [3.05, 3.63) is 118 Å². The molecule has 0 saturated heterocycles. The highest BCUT2D eigenvalue weighted by atomic mass is 35.5. The number of anilines is 2. The normalized spacial score (nSPS) is 11.3. The molecule has 0 aliphatic carbocycles. The Morgan fingerprint density at radius 3 is 2.26 bits per heavy atom. The van der Waals surface area contributed by atoms with Crippen LogP contribution in [0, 0.1) is 20.8 Å². The van der Waals surface area contributed by atoms with Gasteiger partial charge in [-0.3, -0.25) is 9.10 Å². The molecule has 4 aromatic rings. The van der Waals surface area contributed by atoms with Crippen molar-refractivity contribution in [2.45, 2.75) is 36.3 Å². The molecule has 5 nitrogen and oxygen atoms in total. The first-order valence-electron chi connectivity index (χ1n) is 12.1. The molecule has 0 spiro atoms. The molecule has 4 aromatic carbocycles. The van der Waals surface area contributed by atoms with Crippen molar-refractivity contribution in [1.82, 2.24) is 0 Å². The summed E-state index contributed by atoms with van der Waals surface area (Å²) in [7, 11) is -4.00. The van der Waals surface area contributed by atoms with E-state index in [2.05, 4.69) is 5.32 Å². The molecule has 0 aliphatic heterocycles. The number of carbonyl (C=O) groups excluding carboxylic acids is 1. The summed E-state index contributed by atoms with van der Waals surface area (Å²) >= 11 is 7.57. The van der Waals surface area contributed by atoms with Gasteiger partial charge in [0.05, 0.1) is 16.3 Å². The first kappa shape index (κ1) is 27.8. The smallest absolute Gasteiger partial charge is 0.264 e. The average Bonchev–Trinajstić information content (AvgIpc) is 2.90. The van der Waals surface area contributed by atoms with Crippen LogP contribution in [0.15, 0.2) is 101 Å². The predicted octanol–water partition coefficient (Wildman–Crippen LogP) is 7.39. The monoisotopic (exact) mass is 564 g/mol. The highest BCUT2D eigenvalue weighted by molar-refractivity contribution is 7.98. The third kappa shape index (κ3) is 6.59. The van der Waals surface area contributed by atoms with E-state index >= 15 is 0 Å². The minimum atomic E-state index is -4.00. The largest absolute Gasteiger partial charge is 0.323 e. The maximum atomic E-state index is 13.8. The SMILES string of the molecule is Cc1ccc(S(=O)(=O)N(CC(=O)Nc2ccccc2SCc2ccc(Cl)cc2)c2cccc(C)c2C)cc1. The molecular weight excluding hydrogens is 536 g/mol. The predicted molar refractivity (Wildman–Crippen MR) is 158 cm³/mol. The lowest BCUT2D eigenvalue weighted by molar-refractivity contribution is -0.114. The molecular formula is C30H29ClN2O3S2. The fourth-order valence-electron chi connectivity index (χ4n) is 3.90. The Balaban J connectivity index is 1.60. The maximum absolute atomic E-state index is 13.8. The minimum Gasteiger partial charge on any atom is -0.323 e. The molecule has 0 atom stereocenters. The van der Waals surface area contributed by atoms with Crippen LogP contribution in [0.25, 0.3) is 0 Å². The van der Waals surface area contributed by atoms with Crippen LogP contribution < -0.4 is 9.62 Å². The summed E-state index contributed by atoms with van der Waals surface area (Å²) in [6, 6.07) is 27.2. The number of nitrogens with zero attached hydrogens (tertiary/aromatic N) is 1. The fraction of sp³-hybridized carbons (Fsp3) is 0.167. The van der Waals surface area contributed by atoms with Crippen molar-refractivity contribution in [3.63, 3.8) is 0 Å². The van der Waals surface area contributed by atoms with Crippen molar-refractivity contribution in [2.24, 2.45) is 0 Å². The Kier molecular flexibility index (Phi) is 8.82. The number of nitrogens with one attached hydrogen (secondary N) is 1. The standard InChI is InChI=1S/C30H29ClN2O3S2/c1-21-11-17-26(18-12-21)38(35,36)33(28-9-6-7-22(2)23(28)3)19-30(34)32-27-8-4-5-10-29(27)37-20-24-13-15-25(31)16-14-24/h4-18H,19-20H2,1-3H3,(H,32,34). The lowest BCUT2D eigenvalue weighted by Crippen LogP contribution is -2.38. The van der Waals surface area contributed by atoms with Gasteiger partial charge >= 0.3 is 0 Å². The highest BCUT2D eigenvalue weighted by Gasteiger charge is 2.28. The van der Waals surface area contributed by atoms with E-state index in [9.17, 15) is 13.2 Å². The van der Waals surface area contributed by atoms with Gasteiger partial charge in [0.15, 0.2) is 0 Å². The zero-order chi connectivity index (χ0) is 27.3. The first-order chi connectivity index (χ1) is 18.1. The topological polar surface area (TPSA) is 66.5 Å². The van der Waals surface area contributed by atoms with Gasteiger partial charge in [0.1, 0.15) is 6.54 Å². The fourth-order valence-corrected chi connectivity index (χ4v) is 6.47. The van der Waals surface area contributed by atoms with Crippen LogP contribution in [-0.2, 0) is 20.6 Å². The van der Waals surface area contributed by atoms with Gasteiger partial charge in [-0.15, -0.1) is 11.8 Å². The molecule has 196 valence electrons. The van der Waals surface area contributed by atoms with Gasteiger partial charge < -0.3 is 5.32 Å². The van der Waals surface area contributed by atoms with Gasteiger partial charge in [-0.2, -0.15) is 0 Å². The van der Waals surface area contributed by atoms with Gasteiger partial charge in [-0.1, -0.05) is 65.7 Å². The summed E-state index contributed by atoms with van der Waals surface area (Å²) < 4.78 is 28.7. The van der Waals surface area contributed by atoms with Crippen LogP contribution in [-0.4, -0.2) is 20.9 Å². The molecule has 8 heteroatoms. The summed E-state index contributed by atoms with van der Waals surface area (Å²) in [6.07, 6.45) is 0. The van der Waals surface area contributed by atoms with Crippen LogP contribution in [0.4, 0.5) is 11.4 Å². The van der Waals surface area contributed by atoms with E-state index in [1.165, 1.54) is 4.31 Å². The second kappa shape index (κ2) is 12.1. The number of rotatable bonds is 9. The van der Waals surface area contributed by atoms with Crippen molar-refractivity contribution in [3.8, 4) is 0 Å². The zero-order valence-corrected chi connectivity index (χ0v) is 23.8. The molecule has 0 aliphatic rings. The molecule has 0 fully saturated rings. The Morgan fingerprint density at radius 1 is 0.868 bits per heavy atom. The number of amides is 1. The second-order valence-electron chi connectivity index (χ2n) is 9.00. The number of sulfonamides is 1. The summed E-state index contributed by atoms with van der Waals surface area (Å²) in [5.41, 5.74) is 4.90. The van der Waals surface area contributed by atoms with Crippen molar-refractivity contribution in [1.29, 1.82) is 0 Å². The van der Waals surface area contributed by atoms with Gasteiger partial charge in [0.25, 0.3) is 10.0 Å². The molecule has 4 rings (SSSR count). The van der Waals surface area contributed by atoms with Crippen LogP contribution in [0.2, 0.25) is 5.02 Å². The maximum Gasteiger partial charge on any atom is 0.264 e. The Labute approximate surface area is 233 Å². The molecule has 0 saturated carbocycles. The molecule has 0 aromatic heterocycles. The van der Waals surface area contributed by atoms with E-state index in [1.807, 2.05) is 75.4 Å². The number of para-hydroxylation sites is 1. The van der Waals surface area contributed by atoms with E-state index in [-0.39, 0.29) is 11.4 Å². The first-order valence-corrected chi connectivity index (χ1v) is 14.9. The molecule has 0 unspecified atom stereocenters. The quantitative estimate of drug-likeness (QED) is 0.215. The number of benzene rings is 4.